The maximum atomic E-state index is 16.1. The summed E-state index contributed by atoms with van der Waals surface area (Å²) < 4.78 is 31.4. The molecule has 3 fully saturated rings. The molecule has 0 bridgehead atoms. The van der Waals surface area contributed by atoms with E-state index >= 15 is 4.39 Å². The third-order valence-electron chi connectivity index (χ3n) is 12.3. The Morgan fingerprint density at radius 2 is 1.57 bits per heavy atom. The number of hydrogen-bond donors (Lipinski definition) is 2. The van der Waals surface area contributed by atoms with Crippen LogP contribution in [0.25, 0.3) is 11.1 Å². The first-order valence-corrected chi connectivity index (χ1v) is 24.1. The van der Waals surface area contributed by atoms with Gasteiger partial charge in [0.25, 0.3) is 5.91 Å². The first kappa shape index (κ1) is 40.2. The Morgan fingerprint density at radius 3 is 2.15 bits per heavy atom. The lowest BCUT2D eigenvalue weighted by molar-refractivity contribution is -0.120. The average molecular weight is 764 g/mol. The zero-order valence-electron chi connectivity index (χ0n) is 33.4. The number of nitrogens with zero attached hydrogens (tertiary/aromatic N) is 5. The standard InChI is InChI=1S/C41H62FN7O4Si/c1-26-34(27(2)48(46-26)25-53-23-24-54(4,5)6)32-17-18-33(44-39(32)42)45-41(51)37(36(29-13-9-7-10-14-29)30-15-11-8-12-16-30)38-35(40(43)50)28(3)49(47-38)31-19-21-52-22-20-31/h17-18,29-31,36-37H,7-16,19-25H2,1-6H3,(H2,43,50)(H,44,45,51). The molecule has 13 heteroatoms. The van der Waals surface area contributed by atoms with Crippen molar-refractivity contribution in [2.75, 3.05) is 25.1 Å². The van der Waals surface area contributed by atoms with E-state index in [1.165, 1.54) is 12.8 Å². The van der Waals surface area contributed by atoms with Gasteiger partial charge in [0, 0.05) is 50.4 Å². The van der Waals surface area contributed by atoms with Crippen molar-refractivity contribution in [2.24, 2.45) is 23.5 Å². The van der Waals surface area contributed by atoms with E-state index < -0.39 is 25.8 Å². The number of halogens is 1. The number of aromatic nitrogens is 5. The Morgan fingerprint density at radius 1 is 0.944 bits per heavy atom. The largest absolute Gasteiger partial charge is 0.381 e. The number of nitrogens with two attached hydrogens (primary N) is 1. The molecule has 54 heavy (non-hydrogen) atoms. The van der Waals surface area contributed by atoms with E-state index in [9.17, 15) is 9.59 Å². The molecule has 3 N–H and O–H groups in total. The first-order chi connectivity index (χ1) is 25.8. The van der Waals surface area contributed by atoms with Crippen molar-refractivity contribution in [2.45, 2.75) is 142 Å². The molecule has 3 aromatic heterocycles. The highest BCUT2D eigenvalue weighted by Gasteiger charge is 2.45. The minimum absolute atomic E-state index is 0.0330. The number of primary amides is 1. The fraction of sp³-hybridized carbons (Fsp3) is 0.683. The summed E-state index contributed by atoms with van der Waals surface area (Å²) in [5.74, 6) is -1.63. The SMILES string of the molecule is Cc1nn(COCC[Si](C)(C)C)c(C)c1-c1ccc(NC(=O)C(c2nn(C3CCOCC3)c(C)c2C(N)=O)C(C2CCCCC2)C2CCCCC2)nc1F. The lowest BCUT2D eigenvalue weighted by Gasteiger charge is -2.41. The van der Waals surface area contributed by atoms with Crippen LogP contribution in [0, 0.1) is 44.5 Å². The number of anilines is 1. The predicted molar refractivity (Wildman–Crippen MR) is 212 cm³/mol. The molecular weight excluding hydrogens is 702 g/mol. The lowest BCUT2D eigenvalue weighted by Crippen LogP contribution is -2.39. The summed E-state index contributed by atoms with van der Waals surface area (Å²) in [6, 6.07) is 4.42. The minimum atomic E-state index is -1.23. The molecule has 3 aliphatic rings. The van der Waals surface area contributed by atoms with Crippen molar-refractivity contribution in [3.05, 3.63) is 46.4 Å². The molecule has 1 aliphatic heterocycles. The number of amides is 2. The highest BCUT2D eigenvalue weighted by Crippen LogP contribution is 2.48. The summed E-state index contributed by atoms with van der Waals surface area (Å²) in [6.45, 7) is 14.8. The fourth-order valence-corrected chi connectivity index (χ4v) is 10.2. The van der Waals surface area contributed by atoms with E-state index in [1.807, 2.05) is 25.5 Å². The van der Waals surface area contributed by atoms with Crippen LogP contribution >= 0.6 is 0 Å². The van der Waals surface area contributed by atoms with E-state index in [1.54, 1.807) is 16.8 Å². The van der Waals surface area contributed by atoms with Crippen LogP contribution in [-0.4, -0.2) is 64.3 Å². The van der Waals surface area contributed by atoms with Gasteiger partial charge in [-0.2, -0.15) is 14.6 Å². The number of ether oxygens (including phenoxy) is 2. The molecule has 296 valence electrons. The van der Waals surface area contributed by atoms with Crippen molar-refractivity contribution in [3.8, 4) is 11.1 Å². The third kappa shape index (κ3) is 9.16. The number of hydrogen-bond acceptors (Lipinski definition) is 7. The van der Waals surface area contributed by atoms with Gasteiger partial charge in [-0.05, 0) is 69.5 Å². The van der Waals surface area contributed by atoms with E-state index in [-0.39, 0.29) is 23.7 Å². The number of pyridine rings is 1. The van der Waals surface area contributed by atoms with Gasteiger partial charge in [0.1, 0.15) is 12.5 Å². The predicted octanol–water partition coefficient (Wildman–Crippen LogP) is 8.47. The molecule has 1 saturated heterocycles. The monoisotopic (exact) mass is 763 g/mol. The summed E-state index contributed by atoms with van der Waals surface area (Å²) >= 11 is 0. The van der Waals surface area contributed by atoms with Crippen molar-refractivity contribution in [1.29, 1.82) is 0 Å². The van der Waals surface area contributed by atoms with Gasteiger partial charge in [-0.3, -0.25) is 14.3 Å². The van der Waals surface area contributed by atoms with Crippen molar-refractivity contribution in [1.82, 2.24) is 24.5 Å². The van der Waals surface area contributed by atoms with Crippen LogP contribution in [0.5, 0.6) is 0 Å². The average Bonchev–Trinajstić information content (AvgIpc) is 3.63. The summed E-state index contributed by atoms with van der Waals surface area (Å²) in [4.78, 5) is 32.6. The molecule has 2 amide bonds. The molecule has 1 atom stereocenters. The zero-order valence-corrected chi connectivity index (χ0v) is 34.4. The molecule has 1 unspecified atom stereocenters. The maximum absolute atomic E-state index is 16.1. The van der Waals surface area contributed by atoms with Crippen molar-refractivity contribution in [3.63, 3.8) is 0 Å². The smallest absolute Gasteiger partial charge is 0.252 e. The first-order valence-electron chi connectivity index (χ1n) is 20.4. The van der Waals surface area contributed by atoms with Crippen LogP contribution in [0.1, 0.15) is 122 Å². The number of nitrogens with one attached hydrogen (secondary N) is 1. The van der Waals surface area contributed by atoms with Gasteiger partial charge in [-0.1, -0.05) is 83.8 Å². The van der Waals surface area contributed by atoms with Crippen LogP contribution in [0.2, 0.25) is 25.7 Å². The zero-order chi connectivity index (χ0) is 38.6. The van der Waals surface area contributed by atoms with Gasteiger partial charge in [-0.15, -0.1) is 0 Å². The van der Waals surface area contributed by atoms with Gasteiger partial charge in [0.15, 0.2) is 0 Å². The summed E-state index contributed by atoms with van der Waals surface area (Å²) in [6.07, 6.45) is 12.5. The molecule has 0 aromatic carbocycles. The number of rotatable bonds is 14. The maximum Gasteiger partial charge on any atom is 0.252 e. The second kappa shape index (κ2) is 17.6. The summed E-state index contributed by atoms with van der Waals surface area (Å²) in [7, 11) is -1.23. The third-order valence-corrected chi connectivity index (χ3v) is 14.0. The second-order valence-corrected chi connectivity index (χ2v) is 22.9. The summed E-state index contributed by atoms with van der Waals surface area (Å²) in [5, 5.41) is 12.8. The normalized spacial score (nSPS) is 18.7. The lowest BCUT2D eigenvalue weighted by atomic mass is 9.63. The quantitative estimate of drug-likeness (QED) is 0.0954. The van der Waals surface area contributed by atoms with Gasteiger partial charge < -0.3 is 20.5 Å². The topological polar surface area (TPSA) is 139 Å². The highest BCUT2D eigenvalue weighted by molar-refractivity contribution is 6.76. The van der Waals surface area contributed by atoms with Crippen LogP contribution in [0.15, 0.2) is 12.1 Å². The molecule has 6 rings (SSSR count). The van der Waals surface area contributed by atoms with E-state index in [0.717, 1.165) is 75.9 Å². The molecule has 11 nitrogen and oxygen atoms in total. The Bertz CT molecular complexity index is 1750. The Kier molecular flexibility index (Phi) is 13.1. The Balaban J connectivity index is 1.34. The van der Waals surface area contributed by atoms with E-state index in [2.05, 4.69) is 35.0 Å². The fourth-order valence-electron chi connectivity index (χ4n) is 9.43. The van der Waals surface area contributed by atoms with Crippen LogP contribution in [0.4, 0.5) is 10.2 Å². The molecule has 2 saturated carbocycles. The molecule has 3 aromatic rings. The number of carbonyl (C=O) groups excluding carboxylic acids is 2. The number of carbonyl (C=O) groups is 2. The van der Waals surface area contributed by atoms with Gasteiger partial charge >= 0.3 is 0 Å². The summed E-state index contributed by atoms with van der Waals surface area (Å²) in [5.41, 5.74) is 10.1. The van der Waals surface area contributed by atoms with Gasteiger partial charge in [0.2, 0.25) is 11.9 Å². The van der Waals surface area contributed by atoms with Crippen LogP contribution in [-0.2, 0) is 21.0 Å². The Hall–Kier alpha value is -3.42. The van der Waals surface area contributed by atoms with Crippen LogP contribution in [0.3, 0.4) is 0 Å². The molecule has 2 aliphatic carbocycles. The highest BCUT2D eigenvalue weighted by atomic mass is 28.3. The van der Waals surface area contributed by atoms with Crippen LogP contribution < -0.4 is 11.1 Å². The molecule has 0 radical (unpaired) electrons. The van der Waals surface area contributed by atoms with Gasteiger partial charge in [-0.25, -0.2) is 9.67 Å². The molecule has 4 heterocycles. The Labute approximate surface area is 321 Å². The van der Waals surface area contributed by atoms with E-state index in [0.29, 0.717) is 72.2 Å². The van der Waals surface area contributed by atoms with Crippen molar-refractivity contribution < 1.29 is 23.5 Å². The molecule has 0 spiro atoms. The van der Waals surface area contributed by atoms with E-state index in [4.69, 9.17) is 20.3 Å². The van der Waals surface area contributed by atoms with Gasteiger partial charge in [0.05, 0.1) is 28.9 Å². The van der Waals surface area contributed by atoms with Crippen molar-refractivity contribution >= 4 is 25.7 Å². The molecular formula is C41H62FN7O4Si. The minimum Gasteiger partial charge on any atom is -0.381 e. The number of aryl methyl sites for hydroxylation is 1. The second-order valence-electron chi connectivity index (χ2n) is 17.3.